The summed E-state index contributed by atoms with van der Waals surface area (Å²) < 4.78 is 11.8. The molecule has 0 unspecified atom stereocenters. The first-order chi connectivity index (χ1) is 24.1. The van der Waals surface area contributed by atoms with Gasteiger partial charge in [-0.2, -0.15) is 0 Å². The van der Waals surface area contributed by atoms with E-state index in [0.29, 0.717) is 52.7 Å². The van der Waals surface area contributed by atoms with Crippen LogP contribution in [0, 0.1) is 6.92 Å². The first-order valence-corrected chi connectivity index (χ1v) is 17.1. The molecule has 0 aromatic heterocycles. The minimum absolute atomic E-state index is 0.227. The number of nitrogens with one attached hydrogen (secondary N) is 1. The van der Waals surface area contributed by atoms with E-state index in [2.05, 4.69) is 17.3 Å². The van der Waals surface area contributed by atoms with E-state index in [0.717, 1.165) is 62.1 Å². The smallest absolute Gasteiger partial charge is 0.261 e. The van der Waals surface area contributed by atoms with Gasteiger partial charge in [0.1, 0.15) is 11.5 Å². The van der Waals surface area contributed by atoms with E-state index in [4.69, 9.17) is 15.2 Å². The Bertz CT molecular complexity index is 1800. The zero-order valence-electron chi connectivity index (χ0n) is 29.4. The normalized spacial score (nSPS) is 13.1. The van der Waals surface area contributed by atoms with Crippen molar-refractivity contribution in [2.24, 2.45) is 0 Å². The molecule has 0 bridgehead atoms. The highest BCUT2D eigenvalue weighted by molar-refractivity contribution is 6.11. The predicted molar refractivity (Wildman–Crippen MR) is 199 cm³/mol. The van der Waals surface area contributed by atoms with Gasteiger partial charge in [-0.25, -0.2) is 0 Å². The number of nitrogens with two attached hydrogens (primary N) is 1. The van der Waals surface area contributed by atoms with Crippen LogP contribution in [0.4, 0.5) is 17.1 Å². The van der Waals surface area contributed by atoms with Crippen molar-refractivity contribution in [3.8, 4) is 22.6 Å². The lowest BCUT2D eigenvalue weighted by Gasteiger charge is -2.32. The number of carbonyl (C=O) groups is 3. The fraction of sp³-hybridized carbons (Fsp3) is 0.325. The Kier molecular flexibility index (Phi) is 12.1. The number of unbranched alkanes of at least 4 members (excludes halogenated alkanes) is 2. The van der Waals surface area contributed by atoms with Crippen molar-refractivity contribution in [1.29, 1.82) is 0 Å². The molecule has 10 heteroatoms. The molecule has 0 saturated carbocycles. The van der Waals surface area contributed by atoms with Crippen LogP contribution in [0.3, 0.4) is 0 Å². The number of piperazine rings is 1. The summed E-state index contributed by atoms with van der Waals surface area (Å²) in [5.74, 6) is 0.582. The summed E-state index contributed by atoms with van der Waals surface area (Å²) in [5, 5.41) is 2.95. The number of amides is 3. The molecule has 0 aliphatic carbocycles. The molecule has 0 radical (unpaired) electrons. The third kappa shape index (κ3) is 9.00. The highest BCUT2D eigenvalue weighted by Crippen LogP contribution is 2.33. The summed E-state index contributed by atoms with van der Waals surface area (Å²) in [6.45, 7) is 5.90. The number of nitrogens with zero attached hydrogens (tertiary/aromatic N) is 3. The topological polar surface area (TPSA) is 117 Å². The Morgan fingerprint density at radius 2 is 1.58 bits per heavy atom. The molecular formula is C40H47N5O5. The number of rotatable bonds is 13. The molecule has 10 nitrogen and oxygen atoms in total. The standard InChI is InChI=1S/C40H47N5O5/c1-28-13-20-35(37(26-28)50-25-9-5-6-12-38(46)45-23-21-43(2)22-24-45)44(3)40(48)34-19-18-31(27-36(34)49-4)42-39(47)33-11-8-7-10-32(33)29-14-16-30(41)17-15-29/h7-8,10-11,13-20,26-27H,5-6,9,12,21-25,41H2,1-4H3,(H,42,47). The van der Waals surface area contributed by atoms with Gasteiger partial charge in [-0.15, -0.1) is 0 Å². The van der Waals surface area contributed by atoms with Crippen LogP contribution in [0.15, 0.2) is 84.9 Å². The van der Waals surface area contributed by atoms with Crippen LogP contribution >= 0.6 is 0 Å². The van der Waals surface area contributed by atoms with Crippen LogP contribution in [-0.4, -0.2) is 81.5 Å². The summed E-state index contributed by atoms with van der Waals surface area (Å²) in [6.07, 6.45) is 3.05. The first-order valence-electron chi connectivity index (χ1n) is 17.1. The van der Waals surface area contributed by atoms with Gasteiger partial charge in [-0.05, 0) is 92.4 Å². The Hall–Kier alpha value is -5.35. The molecule has 1 aliphatic heterocycles. The zero-order valence-corrected chi connectivity index (χ0v) is 29.4. The van der Waals surface area contributed by atoms with Crippen molar-refractivity contribution in [2.45, 2.75) is 32.6 Å². The fourth-order valence-corrected chi connectivity index (χ4v) is 5.99. The number of hydrogen-bond acceptors (Lipinski definition) is 7. The van der Waals surface area contributed by atoms with Crippen molar-refractivity contribution in [2.75, 3.05) is 69.9 Å². The highest BCUT2D eigenvalue weighted by atomic mass is 16.5. The van der Waals surface area contributed by atoms with E-state index in [1.165, 1.54) is 7.11 Å². The molecule has 0 spiro atoms. The van der Waals surface area contributed by atoms with Crippen molar-refractivity contribution >= 4 is 34.8 Å². The molecule has 4 aromatic carbocycles. The second-order valence-corrected chi connectivity index (χ2v) is 12.7. The van der Waals surface area contributed by atoms with Gasteiger partial charge in [0, 0.05) is 62.7 Å². The summed E-state index contributed by atoms with van der Waals surface area (Å²) in [7, 11) is 5.28. The Labute approximate surface area is 294 Å². The van der Waals surface area contributed by atoms with Crippen LogP contribution in [-0.2, 0) is 4.79 Å². The minimum atomic E-state index is -0.293. The molecule has 1 fully saturated rings. The van der Waals surface area contributed by atoms with Gasteiger partial charge < -0.3 is 35.2 Å². The first kappa shape index (κ1) is 35.9. The summed E-state index contributed by atoms with van der Waals surface area (Å²) in [4.78, 5) is 45.5. The number of carbonyl (C=O) groups excluding carboxylic acids is 3. The van der Waals surface area contributed by atoms with Crippen LogP contribution in [0.1, 0.15) is 52.0 Å². The Balaban J connectivity index is 1.20. The molecule has 1 saturated heterocycles. The van der Waals surface area contributed by atoms with E-state index in [9.17, 15) is 14.4 Å². The lowest BCUT2D eigenvalue weighted by molar-refractivity contribution is -0.132. The van der Waals surface area contributed by atoms with Crippen LogP contribution in [0.2, 0.25) is 0 Å². The number of likely N-dealkylation sites (N-methyl/N-ethyl adjacent to an activating group) is 1. The number of methoxy groups -OCH3 is 1. The average Bonchev–Trinajstić information content (AvgIpc) is 3.13. The number of nitrogen functional groups attached to an aromatic ring is 1. The molecule has 1 heterocycles. The SMILES string of the molecule is COc1cc(NC(=O)c2ccccc2-c2ccc(N)cc2)ccc1C(=O)N(C)c1ccc(C)cc1OCCCCCC(=O)N1CCN(C)CC1. The number of aryl methyl sites for hydroxylation is 1. The van der Waals surface area contributed by atoms with Crippen molar-refractivity contribution < 1.29 is 23.9 Å². The van der Waals surface area contributed by atoms with Crippen molar-refractivity contribution in [3.63, 3.8) is 0 Å². The molecule has 3 amide bonds. The van der Waals surface area contributed by atoms with Gasteiger partial charge in [-0.1, -0.05) is 36.4 Å². The van der Waals surface area contributed by atoms with Gasteiger partial charge in [-0.3, -0.25) is 14.4 Å². The maximum Gasteiger partial charge on any atom is 0.261 e. The molecule has 262 valence electrons. The quantitative estimate of drug-likeness (QED) is 0.123. The Morgan fingerprint density at radius 1 is 0.840 bits per heavy atom. The second kappa shape index (κ2) is 16.8. The van der Waals surface area contributed by atoms with Crippen molar-refractivity contribution in [3.05, 3.63) is 102 Å². The minimum Gasteiger partial charge on any atom is -0.496 e. The van der Waals surface area contributed by atoms with Gasteiger partial charge in [0.15, 0.2) is 0 Å². The maximum absolute atomic E-state index is 13.8. The van der Waals surface area contributed by atoms with E-state index in [1.807, 2.05) is 60.4 Å². The monoisotopic (exact) mass is 677 g/mol. The number of anilines is 3. The zero-order chi connectivity index (χ0) is 35.6. The second-order valence-electron chi connectivity index (χ2n) is 12.7. The van der Waals surface area contributed by atoms with E-state index in [-0.39, 0.29) is 17.7 Å². The average molecular weight is 678 g/mol. The van der Waals surface area contributed by atoms with E-state index >= 15 is 0 Å². The molecule has 1 aliphatic rings. The predicted octanol–water partition coefficient (Wildman–Crippen LogP) is 6.49. The number of benzene rings is 4. The van der Waals surface area contributed by atoms with Gasteiger partial charge in [0.25, 0.3) is 11.8 Å². The number of ether oxygens (including phenoxy) is 2. The fourth-order valence-electron chi connectivity index (χ4n) is 5.99. The molecule has 3 N–H and O–H groups in total. The largest absolute Gasteiger partial charge is 0.496 e. The number of hydrogen-bond donors (Lipinski definition) is 2. The lowest BCUT2D eigenvalue weighted by atomic mass is 9.99. The van der Waals surface area contributed by atoms with Gasteiger partial charge in [0.05, 0.1) is 25.0 Å². The summed E-state index contributed by atoms with van der Waals surface area (Å²) in [6, 6.07) is 25.4. The lowest BCUT2D eigenvalue weighted by Crippen LogP contribution is -2.47. The molecule has 50 heavy (non-hydrogen) atoms. The third-order valence-corrected chi connectivity index (χ3v) is 9.01. The third-order valence-electron chi connectivity index (χ3n) is 9.01. The highest BCUT2D eigenvalue weighted by Gasteiger charge is 2.23. The summed E-state index contributed by atoms with van der Waals surface area (Å²) in [5.41, 5.74) is 11.1. The van der Waals surface area contributed by atoms with Crippen LogP contribution in [0.25, 0.3) is 11.1 Å². The molecular weight excluding hydrogens is 630 g/mol. The van der Waals surface area contributed by atoms with Crippen molar-refractivity contribution in [1.82, 2.24) is 9.80 Å². The molecule has 4 aromatic rings. The Morgan fingerprint density at radius 3 is 2.32 bits per heavy atom. The van der Waals surface area contributed by atoms with Gasteiger partial charge in [0.2, 0.25) is 5.91 Å². The summed E-state index contributed by atoms with van der Waals surface area (Å²) >= 11 is 0. The van der Waals surface area contributed by atoms with Gasteiger partial charge >= 0.3 is 0 Å². The van der Waals surface area contributed by atoms with E-state index in [1.54, 1.807) is 48.3 Å². The molecule has 5 rings (SSSR count). The van der Waals surface area contributed by atoms with E-state index < -0.39 is 0 Å². The van der Waals surface area contributed by atoms with Crippen LogP contribution < -0.4 is 25.4 Å². The van der Waals surface area contributed by atoms with Crippen LogP contribution in [0.5, 0.6) is 11.5 Å². The molecule has 0 atom stereocenters. The maximum atomic E-state index is 13.8.